The average Bonchev–Trinajstić information content (AvgIpc) is 3.26. The molecule has 2 saturated heterocycles. The van der Waals surface area contributed by atoms with Crippen LogP contribution in [0.1, 0.15) is 44.1 Å². The maximum atomic E-state index is 13.0. The Hall–Kier alpha value is -1.79. The number of amides is 2. The third kappa shape index (κ3) is 5.61. The minimum atomic E-state index is -0.198. The molecule has 2 amide bonds. The number of carbonyl (C=O) groups excluding carboxylic acids is 2. The number of methoxy groups -OCH3 is 1. The molecule has 2 aliphatic rings. The highest BCUT2D eigenvalue weighted by atomic mass is 35.5. The highest BCUT2D eigenvalue weighted by Crippen LogP contribution is 2.25. The topological polar surface area (TPSA) is 70.7 Å². The molecule has 2 aliphatic heterocycles. The van der Waals surface area contributed by atoms with Gasteiger partial charge in [-0.3, -0.25) is 9.59 Å². The predicted octanol–water partition coefficient (Wildman–Crippen LogP) is 2.33. The molecule has 0 radical (unpaired) electrons. The van der Waals surface area contributed by atoms with Gasteiger partial charge in [0.2, 0.25) is 11.8 Å². The molecule has 3 atom stereocenters. The van der Waals surface area contributed by atoms with Crippen LogP contribution in [0.2, 0.25) is 0 Å². The molecule has 3 unspecified atom stereocenters. The van der Waals surface area contributed by atoms with Crippen LogP contribution in [0.15, 0.2) is 24.3 Å². The number of nitrogens with one attached hydrogen (secondary N) is 2. The largest absolute Gasteiger partial charge is 0.497 e. The first kappa shape index (κ1) is 22.5. The molecule has 0 saturated carbocycles. The Morgan fingerprint density at radius 3 is 2.86 bits per heavy atom. The molecule has 1 aromatic carbocycles. The van der Waals surface area contributed by atoms with Crippen LogP contribution in [0.3, 0.4) is 0 Å². The third-order valence-electron chi connectivity index (χ3n) is 5.74. The van der Waals surface area contributed by atoms with Crippen LogP contribution in [0.5, 0.6) is 5.75 Å². The third-order valence-corrected chi connectivity index (χ3v) is 5.74. The first-order valence-corrected chi connectivity index (χ1v) is 10.0. The normalized spacial score (nSPS) is 22.9. The van der Waals surface area contributed by atoms with E-state index in [9.17, 15) is 9.59 Å². The van der Waals surface area contributed by atoms with Gasteiger partial charge in [-0.2, -0.15) is 0 Å². The van der Waals surface area contributed by atoms with Crippen LogP contribution in [-0.4, -0.2) is 56.0 Å². The molecule has 2 N–H and O–H groups in total. The summed E-state index contributed by atoms with van der Waals surface area (Å²) in [7, 11) is 1.64. The minimum absolute atomic E-state index is 0. The summed E-state index contributed by atoms with van der Waals surface area (Å²) >= 11 is 0. The van der Waals surface area contributed by atoms with Crippen molar-refractivity contribution in [3.8, 4) is 5.75 Å². The van der Waals surface area contributed by atoms with Gasteiger partial charge >= 0.3 is 0 Å². The van der Waals surface area contributed by atoms with Gasteiger partial charge in [0.05, 0.1) is 19.1 Å². The minimum Gasteiger partial charge on any atom is -0.497 e. The summed E-state index contributed by atoms with van der Waals surface area (Å²) < 4.78 is 5.27. The number of rotatable bonds is 6. The second-order valence-corrected chi connectivity index (χ2v) is 7.68. The number of benzene rings is 1. The molecule has 2 heterocycles. The van der Waals surface area contributed by atoms with Crippen molar-refractivity contribution in [1.82, 2.24) is 15.5 Å². The maximum Gasteiger partial charge on any atom is 0.237 e. The molecule has 0 aliphatic carbocycles. The van der Waals surface area contributed by atoms with Crippen molar-refractivity contribution < 1.29 is 14.3 Å². The Morgan fingerprint density at radius 2 is 2.14 bits per heavy atom. The lowest BCUT2D eigenvalue weighted by Crippen LogP contribution is -2.47. The molecule has 6 nitrogen and oxygen atoms in total. The van der Waals surface area contributed by atoms with E-state index in [0.29, 0.717) is 19.0 Å². The van der Waals surface area contributed by atoms with Gasteiger partial charge in [-0.05, 0) is 62.8 Å². The maximum absolute atomic E-state index is 13.0. The second kappa shape index (κ2) is 10.7. The molecule has 2 fully saturated rings. The van der Waals surface area contributed by atoms with E-state index >= 15 is 0 Å². The number of piperidine rings is 1. The number of carbonyl (C=O) groups is 2. The summed E-state index contributed by atoms with van der Waals surface area (Å²) in [5, 5.41) is 6.30. The van der Waals surface area contributed by atoms with Gasteiger partial charge in [-0.1, -0.05) is 12.1 Å². The lowest BCUT2D eigenvalue weighted by atomic mass is 9.94. The molecule has 156 valence electrons. The molecule has 0 spiro atoms. The fourth-order valence-electron chi connectivity index (χ4n) is 4.04. The van der Waals surface area contributed by atoms with Gasteiger partial charge in [0.25, 0.3) is 0 Å². The van der Waals surface area contributed by atoms with Crippen molar-refractivity contribution >= 4 is 24.2 Å². The summed E-state index contributed by atoms with van der Waals surface area (Å²) in [4.78, 5) is 27.1. The zero-order valence-corrected chi connectivity index (χ0v) is 17.6. The second-order valence-electron chi connectivity index (χ2n) is 7.68. The Balaban J connectivity index is 0.00000280. The smallest absolute Gasteiger partial charge is 0.237 e. The molecular weight excluding hydrogens is 378 g/mol. The van der Waals surface area contributed by atoms with Crippen molar-refractivity contribution in [2.45, 2.75) is 44.6 Å². The first-order chi connectivity index (χ1) is 13.1. The fourth-order valence-corrected chi connectivity index (χ4v) is 4.04. The number of hydrogen-bond acceptors (Lipinski definition) is 4. The highest BCUT2D eigenvalue weighted by molar-refractivity contribution is 5.85. The lowest BCUT2D eigenvalue weighted by Gasteiger charge is -2.34. The highest BCUT2D eigenvalue weighted by Gasteiger charge is 2.29. The van der Waals surface area contributed by atoms with Gasteiger partial charge in [-0.25, -0.2) is 0 Å². The fraction of sp³-hybridized carbons (Fsp3) is 0.619. The predicted molar refractivity (Wildman–Crippen MR) is 112 cm³/mol. The first-order valence-electron chi connectivity index (χ1n) is 10.0. The molecule has 0 bridgehead atoms. The standard InChI is InChI=1S/C21H31N3O3.ClH/c1-15(17-7-3-8-18(12-17)27-2)21(26)24-11-5-6-16(14-24)13-23-20(25)19-9-4-10-22-19;/h3,7-8,12,15-16,19,22H,4-6,9-11,13-14H2,1-2H3,(H,23,25);1H. The quantitative estimate of drug-likeness (QED) is 0.756. The summed E-state index contributed by atoms with van der Waals surface area (Å²) in [5.74, 6) is 1.14. The van der Waals surface area contributed by atoms with Crippen molar-refractivity contribution in [3.05, 3.63) is 29.8 Å². The van der Waals surface area contributed by atoms with Gasteiger partial charge in [0, 0.05) is 19.6 Å². The molecule has 28 heavy (non-hydrogen) atoms. The average molecular weight is 410 g/mol. The number of halogens is 1. The molecule has 0 aromatic heterocycles. The molecule has 1 aromatic rings. The SMILES string of the molecule is COc1cccc(C(C)C(=O)N2CCCC(CNC(=O)C3CCCN3)C2)c1.Cl. The summed E-state index contributed by atoms with van der Waals surface area (Å²) in [6.07, 6.45) is 4.01. The number of nitrogens with zero attached hydrogens (tertiary/aromatic N) is 1. The van der Waals surface area contributed by atoms with Gasteiger partial charge < -0.3 is 20.3 Å². The van der Waals surface area contributed by atoms with Crippen LogP contribution in [-0.2, 0) is 9.59 Å². The zero-order valence-electron chi connectivity index (χ0n) is 16.8. The van der Waals surface area contributed by atoms with E-state index < -0.39 is 0 Å². The molecule has 3 rings (SSSR count). The number of hydrogen-bond donors (Lipinski definition) is 2. The Morgan fingerprint density at radius 1 is 1.32 bits per heavy atom. The van der Waals surface area contributed by atoms with E-state index in [4.69, 9.17) is 4.74 Å². The van der Waals surface area contributed by atoms with Crippen LogP contribution in [0.25, 0.3) is 0 Å². The van der Waals surface area contributed by atoms with Crippen LogP contribution < -0.4 is 15.4 Å². The van der Waals surface area contributed by atoms with Crippen molar-refractivity contribution in [2.24, 2.45) is 5.92 Å². The monoisotopic (exact) mass is 409 g/mol. The summed E-state index contributed by atoms with van der Waals surface area (Å²) in [5.41, 5.74) is 0.974. The van der Waals surface area contributed by atoms with E-state index in [-0.39, 0.29) is 36.2 Å². The molecule has 7 heteroatoms. The van der Waals surface area contributed by atoms with Crippen LogP contribution in [0.4, 0.5) is 0 Å². The Labute approximate surface area is 173 Å². The summed E-state index contributed by atoms with van der Waals surface area (Å²) in [6.45, 7) is 5.03. The molecular formula is C21H32ClN3O3. The van der Waals surface area contributed by atoms with Gasteiger partial charge in [0.15, 0.2) is 0 Å². The van der Waals surface area contributed by atoms with Gasteiger partial charge in [0.1, 0.15) is 5.75 Å². The van der Waals surface area contributed by atoms with E-state index in [2.05, 4.69) is 10.6 Å². The van der Waals surface area contributed by atoms with Crippen molar-refractivity contribution in [3.63, 3.8) is 0 Å². The van der Waals surface area contributed by atoms with Crippen molar-refractivity contribution in [1.29, 1.82) is 0 Å². The van der Waals surface area contributed by atoms with E-state index in [1.807, 2.05) is 36.1 Å². The van der Waals surface area contributed by atoms with Crippen LogP contribution >= 0.6 is 12.4 Å². The van der Waals surface area contributed by atoms with E-state index in [0.717, 1.165) is 50.1 Å². The Kier molecular flexibility index (Phi) is 8.58. The van der Waals surface area contributed by atoms with E-state index in [1.165, 1.54) is 0 Å². The Bertz CT molecular complexity index is 664. The van der Waals surface area contributed by atoms with E-state index in [1.54, 1.807) is 7.11 Å². The number of ether oxygens (including phenoxy) is 1. The lowest BCUT2D eigenvalue weighted by molar-refractivity contribution is -0.134. The summed E-state index contributed by atoms with van der Waals surface area (Å²) in [6, 6.07) is 7.67. The van der Waals surface area contributed by atoms with Crippen LogP contribution in [0, 0.1) is 5.92 Å². The zero-order chi connectivity index (χ0) is 19.2. The number of likely N-dealkylation sites (tertiary alicyclic amines) is 1. The van der Waals surface area contributed by atoms with Crippen molar-refractivity contribution in [2.75, 3.05) is 33.3 Å². The van der Waals surface area contributed by atoms with Gasteiger partial charge in [-0.15, -0.1) is 12.4 Å².